The van der Waals surface area contributed by atoms with Crippen molar-refractivity contribution < 1.29 is 9.18 Å². The van der Waals surface area contributed by atoms with Crippen LogP contribution in [-0.4, -0.2) is 56.7 Å². The van der Waals surface area contributed by atoms with Gasteiger partial charge in [0.25, 0.3) is 0 Å². The summed E-state index contributed by atoms with van der Waals surface area (Å²) in [6, 6.07) is 6.82. The molecule has 0 bridgehead atoms. The fourth-order valence-corrected chi connectivity index (χ4v) is 4.22. The number of carbonyl (C=O) groups is 1. The van der Waals surface area contributed by atoms with Crippen LogP contribution in [-0.2, 0) is 24.3 Å². The average molecular weight is 371 g/mol. The van der Waals surface area contributed by atoms with Gasteiger partial charge >= 0.3 is 0 Å². The van der Waals surface area contributed by atoms with Gasteiger partial charge in [-0.3, -0.25) is 9.69 Å². The molecule has 1 aromatic heterocycles. The Morgan fingerprint density at radius 2 is 2.11 bits per heavy atom. The van der Waals surface area contributed by atoms with Gasteiger partial charge in [0.1, 0.15) is 17.5 Å². The minimum atomic E-state index is -0.186. The molecule has 2 aromatic rings. The molecule has 0 N–H and O–H groups in total. The van der Waals surface area contributed by atoms with Crippen LogP contribution in [0.4, 0.5) is 4.39 Å². The van der Waals surface area contributed by atoms with E-state index in [1.807, 2.05) is 11.0 Å². The standard InChI is InChI=1S/C20H26FN5O/c1-15(27)25-8-3-5-17(14-25)20-23-22-19-7-9-24(10-11-26(19)20)13-16-4-2-6-18(21)12-16/h2,4,6,12,17H,3,5,7-11,13-14H2,1H3. The average Bonchev–Trinajstić information content (AvgIpc) is 2.97. The Bertz CT molecular complexity index is 820. The number of piperidine rings is 1. The highest BCUT2D eigenvalue weighted by Crippen LogP contribution is 2.27. The van der Waals surface area contributed by atoms with Crippen LogP contribution in [0, 0.1) is 5.82 Å². The Labute approximate surface area is 159 Å². The Morgan fingerprint density at radius 3 is 2.93 bits per heavy atom. The number of carbonyl (C=O) groups excluding carboxylic acids is 1. The molecule has 6 nitrogen and oxygen atoms in total. The first-order valence-electron chi connectivity index (χ1n) is 9.74. The summed E-state index contributed by atoms with van der Waals surface area (Å²) in [4.78, 5) is 16.0. The molecule has 2 aliphatic rings. The zero-order chi connectivity index (χ0) is 18.8. The number of fused-ring (bicyclic) bond motifs is 1. The maximum absolute atomic E-state index is 13.4. The Morgan fingerprint density at radius 1 is 1.22 bits per heavy atom. The van der Waals surface area contributed by atoms with E-state index in [0.717, 1.165) is 75.7 Å². The number of likely N-dealkylation sites (tertiary alicyclic amines) is 1. The molecule has 0 saturated carbocycles. The first-order valence-corrected chi connectivity index (χ1v) is 9.74. The first-order chi connectivity index (χ1) is 13.1. The second-order valence-electron chi connectivity index (χ2n) is 7.59. The molecular formula is C20H26FN5O. The van der Waals surface area contributed by atoms with Crippen LogP contribution in [0.1, 0.15) is 42.9 Å². The van der Waals surface area contributed by atoms with Crippen LogP contribution in [0.2, 0.25) is 0 Å². The Balaban J connectivity index is 1.45. The molecule has 1 unspecified atom stereocenters. The van der Waals surface area contributed by atoms with E-state index in [9.17, 15) is 9.18 Å². The minimum Gasteiger partial charge on any atom is -0.342 e. The van der Waals surface area contributed by atoms with Crippen molar-refractivity contribution in [3.05, 3.63) is 47.3 Å². The maximum atomic E-state index is 13.4. The molecule has 1 saturated heterocycles. The molecule has 27 heavy (non-hydrogen) atoms. The summed E-state index contributed by atoms with van der Waals surface area (Å²) in [5, 5.41) is 8.92. The predicted octanol–water partition coefficient (Wildman–Crippen LogP) is 2.20. The number of rotatable bonds is 3. The summed E-state index contributed by atoms with van der Waals surface area (Å²) < 4.78 is 15.7. The number of amides is 1. The smallest absolute Gasteiger partial charge is 0.219 e. The summed E-state index contributed by atoms with van der Waals surface area (Å²) in [7, 11) is 0. The highest BCUT2D eigenvalue weighted by atomic mass is 19.1. The number of hydrogen-bond acceptors (Lipinski definition) is 4. The first kappa shape index (κ1) is 18.1. The zero-order valence-corrected chi connectivity index (χ0v) is 15.8. The maximum Gasteiger partial charge on any atom is 0.219 e. The normalized spacial score (nSPS) is 21.0. The Hall–Kier alpha value is -2.28. The number of hydrogen-bond donors (Lipinski definition) is 0. The van der Waals surface area contributed by atoms with Crippen LogP contribution in [0.15, 0.2) is 24.3 Å². The monoisotopic (exact) mass is 371 g/mol. The zero-order valence-electron chi connectivity index (χ0n) is 15.8. The predicted molar refractivity (Wildman–Crippen MR) is 99.6 cm³/mol. The molecule has 0 aliphatic carbocycles. The molecule has 4 rings (SSSR count). The quantitative estimate of drug-likeness (QED) is 0.830. The lowest BCUT2D eigenvalue weighted by molar-refractivity contribution is -0.130. The largest absolute Gasteiger partial charge is 0.342 e. The van der Waals surface area contributed by atoms with Crippen molar-refractivity contribution in [2.45, 2.75) is 45.2 Å². The van der Waals surface area contributed by atoms with Gasteiger partial charge in [0.05, 0.1) is 0 Å². The molecule has 1 aromatic carbocycles. The van der Waals surface area contributed by atoms with Crippen molar-refractivity contribution in [3.63, 3.8) is 0 Å². The number of nitrogens with zero attached hydrogens (tertiary/aromatic N) is 5. The molecule has 0 radical (unpaired) electrons. The number of aromatic nitrogens is 3. The molecule has 7 heteroatoms. The van der Waals surface area contributed by atoms with E-state index in [2.05, 4.69) is 19.7 Å². The van der Waals surface area contributed by atoms with Crippen LogP contribution in [0.3, 0.4) is 0 Å². The van der Waals surface area contributed by atoms with Gasteiger partial charge in [-0.1, -0.05) is 12.1 Å². The second-order valence-corrected chi connectivity index (χ2v) is 7.59. The lowest BCUT2D eigenvalue weighted by Crippen LogP contribution is -2.38. The molecule has 144 valence electrons. The summed E-state index contributed by atoms with van der Waals surface area (Å²) in [5.41, 5.74) is 0.997. The van der Waals surface area contributed by atoms with E-state index in [1.165, 1.54) is 6.07 Å². The summed E-state index contributed by atoms with van der Waals surface area (Å²) in [6.45, 7) is 6.57. The second kappa shape index (κ2) is 7.76. The van der Waals surface area contributed by atoms with E-state index in [0.29, 0.717) is 0 Å². The van der Waals surface area contributed by atoms with Crippen molar-refractivity contribution in [1.29, 1.82) is 0 Å². The third-order valence-electron chi connectivity index (χ3n) is 5.67. The van der Waals surface area contributed by atoms with Crippen molar-refractivity contribution in [1.82, 2.24) is 24.6 Å². The van der Waals surface area contributed by atoms with Gasteiger partial charge in [-0.2, -0.15) is 0 Å². The number of halogens is 1. The van der Waals surface area contributed by atoms with Gasteiger partial charge in [0, 0.05) is 58.5 Å². The van der Waals surface area contributed by atoms with Crippen molar-refractivity contribution in [2.24, 2.45) is 0 Å². The lowest BCUT2D eigenvalue weighted by Gasteiger charge is -2.31. The van der Waals surface area contributed by atoms with E-state index in [1.54, 1.807) is 19.1 Å². The topological polar surface area (TPSA) is 54.3 Å². The minimum absolute atomic E-state index is 0.136. The van der Waals surface area contributed by atoms with Gasteiger partial charge < -0.3 is 9.47 Å². The van der Waals surface area contributed by atoms with Gasteiger partial charge in [0.2, 0.25) is 5.91 Å². The van der Waals surface area contributed by atoms with Crippen molar-refractivity contribution in [3.8, 4) is 0 Å². The molecule has 2 aliphatic heterocycles. The van der Waals surface area contributed by atoms with E-state index < -0.39 is 0 Å². The van der Waals surface area contributed by atoms with Crippen LogP contribution < -0.4 is 0 Å². The molecule has 1 fully saturated rings. The summed E-state index contributed by atoms with van der Waals surface area (Å²) in [6.07, 6.45) is 2.90. The molecular weight excluding hydrogens is 345 g/mol. The van der Waals surface area contributed by atoms with Gasteiger partial charge in [-0.05, 0) is 30.5 Å². The SMILES string of the molecule is CC(=O)N1CCCC(c2nnc3n2CCN(Cc2cccc(F)c2)CC3)C1. The molecule has 1 amide bonds. The van der Waals surface area contributed by atoms with Gasteiger partial charge in [0.15, 0.2) is 0 Å². The van der Waals surface area contributed by atoms with Crippen molar-refractivity contribution in [2.75, 3.05) is 26.2 Å². The molecule has 1 atom stereocenters. The van der Waals surface area contributed by atoms with E-state index in [4.69, 9.17) is 0 Å². The van der Waals surface area contributed by atoms with Gasteiger partial charge in [-0.15, -0.1) is 10.2 Å². The fraction of sp³-hybridized carbons (Fsp3) is 0.550. The molecule has 3 heterocycles. The highest BCUT2D eigenvalue weighted by Gasteiger charge is 2.29. The van der Waals surface area contributed by atoms with Crippen LogP contribution in [0.25, 0.3) is 0 Å². The Kier molecular flexibility index (Phi) is 5.20. The number of benzene rings is 1. The van der Waals surface area contributed by atoms with Crippen LogP contribution >= 0.6 is 0 Å². The van der Waals surface area contributed by atoms with Crippen LogP contribution in [0.5, 0.6) is 0 Å². The van der Waals surface area contributed by atoms with E-state index >= 15 is 0 Å². The summed E-state index contributed by atoms with van der Waals surface area (Å²) >= 11 is 0. The third-order valence-corrected chi connectivity index (χ3v) is 5.67. The third kappa shape index (κ3) is 4.03. The highest BCUT2D eigenvalue weighted by molar-refractivity contribution is 5.73. The van der Waals surface area contributed by atoms with E-state index in [-0.39, 0.29) is 17.6 Å². The lowest BCUT2D eigenvalue weighted by atomic mass is 9.97. The van der Waals surface area contributed by atoms with Crippen molar-refractivity contribution >= 4 is 5.91 Å². The fourth-order valence-electron chi connectivity index (χ4n) is 4.22. The summed E-state index contributed by atoms with van der Waals surface area (Å²) in [5.74, 6) is 2.25. The molecule has 0 spiro atoms. The van der Waals surface area contributed by atoms with Gasteiger partial charge in [-0.25, -0.2) is 4.39 Å².